The summed E-state index contributed by atoms with van der Waals surface area (Å²) in [6.07, 6.45) is 1.81. The van der Waals surface area contributed by atoms with Gasteiger partial charge in [0.25, 0.3) is 0 Å². The monoisotopic (exact) mass is 338 g/mol. The molecule has 1 fully saturated rings. The van der Waals surface area contributed by atoms with E-state index in [1.807, 2.05) is 46.3 Å². The van der Waals surface area contributed by atoms with Crippen molar-refractivity contribution < 1.29 is 9.18 Å². The number of fused-ring (bicyclic) bond motifs is 1. The molecule has 2 heterocycles. The first-order valence-electron chi connectivity index (χ1n) is 8.29. The van der Waals surface area contributed by atoms with Crippen molar-refractivity contribution >= 4 is 28.3 Å². The molecule has 0 atom stereocenters. The molecule has 5 nitrogen and oxygen atoms in total. The lowest BCUT2D eigenvalue weighted by Crippen LogP contribution is -2.50. The molecule has 6 heteroatoms. The SMILES string of the molecule is Nc1ccc(F)cc1N1CCN(C(=O)n2ccc3ccccc32)CC1. The van der Waals surface area contributed by atoms with Crippen LogP contribution in [0.25, 0.3) is 10.9 Å². The Morgan fingerprint density at radius 2 is 1.76 bits per heavy atom. The van der Waals surface area contributed by atoms with Crippen LogP contribution >= 0.6 is 0 Å². The predicted molar refractivity (Wildman–Crippen MR) is 97.3 cm³/mol. The fraction of sp³-hybridized carbons (Fsp3) is 0.211. The van der Waals surface area contributed by atoms with Gasteiger partial charge in [-0.15, -0.1) is 0 Å². The molecule has 0 aliphatic carbocycles. The van der Waals surface area contributed by atoms with Crippen LogP contribution in [-0.2, 0) is 0 Å². The number of amides is 1. The van der Waals surface area contributed by atoms with Crippen LogP contribution in [0.5, 0.6) is 0 Å². The minimum atomic E-state index is -0.304. The van der Waals surface area contributed by atoms with Crippen LogP contribution in [-0.4, -0.2) is 41.7 Å². The van der Waals surface area contributed by atoms with E-state index in [2.05, 4.69) is 0 Å². The maximum atomic E-state index is 13.5. The predicted octanol–water partition coefficient (Wildman–Crippen LogP) is 3.15. The number of benzene rings is 2. The summed E-state index contributed by atoms with van der Waals surface area (Å²) in [4.78, 5) is 16.7. The number of halogens is 1. The van der Waals surface area contributed by atoms with E-state index in [1.165, 1.54) is 12.1 Å². The molecule has 3 aromatic rings. The Kier molecular flexibility index (Phi) is 3.80. The third kappa shape index (κ3) is 2.80. The number of nitrogen functional groups attached to an aromatic ring is 1. The summed E-state index contributed by atoms with van der Waals surface area (Å²) in [7, 11) is 0. The van der Waals surface area contributed by atoms with Gasteiger partial charge < -0.3 is 15.5 Å². The molecule has 25 heavy (non-hydrogen) atoms. The van der Waals surface area contributed by atoms with Gasteiger partial charge in [-0.05, 0) is 30.3 Å². The van der Waals surface area contributed by atoms with E-state index in [4.69, 9.17) is 5.73 Å². The van der Waals surface area contributed by atoms with Gasteiger partial charge in [0.15, 0.2) is 0 Å². The Bertz CT molecular complexity index is 928. The smallest absolute Gasteiger partial charge is 0.328 e. The molecule has 1 aromatic heterocycles. The van der Waals surface area contributed by atoms with Gasteiger partial charge in [-0.3, -0.25) is 4.57 Å². The third-order valence-corrected chi connectivity index (χ3v) is 4.69. The van der Waals surface area contributed by atoms with E-state index in [9.17, 15) is 9.18 Å². The topological polar surface area (TPSA) is 54.5 Å². The number of nitrogens with zero attached hydrogens (tertiary/aromatic N) is 3. The Morgan fingerprint density at radius 3 is 2.56 bits per heavy atom. The van der Waals surface area contributed by atoms with Gasteiger partial charge in [0.2, 0.25) is 0 Å². The summed E-state index contributed by atoms with van der Waals surface area (Å²) < 4.78 is 15.2. The second-order valence-electron chi connectivity index (χ2n) is 6.20. The fourth-order valence-electron chi connectivity index (χ4n) is 3.33. The first-order valence-corrected chi connectivity index (χ1v) is 8.29. The Hall–Kier alpha value is -3.02. The molecule has 128 valence electrons. The molecule has 1 aliphatic rings. The van der Waals surface area contributed by atoms with Crippen molar-refractivity contribution in [3.05, 3.63) is 60.5 Å². The number of rotatable bonds is 1. The zero-order valence-corrected chi connectivity index (χ0v) is 13.7. The van der Waals surface area contributed by atoms with Crippen LogP contribution in [0.2, 0.25) is 0 Å². The van der Waals surface area contributed by atoms with Gasteiger partial charge >= 0.3 is 6.03 Å². The van der Waals surface area contributed by atoms with Crippen LogP contribution in [0.4, 0.5) is 20.6 Å². The molecule has 2 aromatic carbocycles. The van der Waals surface area contributed by atoms with Crippen LogP contribution in [0.15, 0.2) is 54.7 Å². The molecule has 0 radical (unpaired) electrons. The lowest BCUT2D eigenvalue weighted by atomic mass is 10.2. The highest BCUT2D eigenvalue weighted by molar-refractivity contribution is 5.91. The Labute approximate surface area is 145 Å². The molecular formula is C19H19FN4O. The highest BCUT2D eigenvalue weighted by Crippen LogP contribution is 2.25. The average molecular weight is 338 g/mol. The molecule has 0 spiro atoms. The summed E-state index contributed by atoms with van der Waals surface area (Å²) in [5.74, 6) is -0.304. The van der Waals surface area contributed by atoms with Crippen molar-refractivity contribution in [3.63, 3.8) is 0 Å². The van der Waals surface area contributed by atoms with E-state index in [-0.39, 0.29) is 11.8 Å². The van der Waals surface area contributed by atoms with Gasteiger partial charge in [0.1, 0.15) is 5.82 Å². The van der Waals surface area contributed by atoms with Gasteiger partial charge in [0, 0.05) is 37.8 Å². The summed E-state index contributed by atoms with van der Waals surface area (Å²) >= 11 is 0. The minimum Gasteiger partial charge on any atom is -0.397 e. The molecule has 1 amide bonds. The van der Waals surface area contributed by atoms with E-state index in [0.717, 1.165) is 10.9 Å². The normalized spacial score (nSPS) is 14.9. The maximum absolute atomic E-state index is 13.5. The van der Waals surface area contributed by atoms with E-state index >= 15 is 0 Å². The number of hydrogen-bond acceptors (Lipinski definition) is 3. The molecular weight excluding hydrogens is 319 g/mol. The standard InChI is InChI=1S/C19H19FN4O/c20-15-5-6-16(21)18(13-15)22-9-11-23(12-10-22)19(25)24-8-7-14-3-1-2-4-17(14)24/h1-8,13H,9-12,21H2. The fourth-order valence-corrected chi connectivity index (χ4v) is 3.33. The minimum absolute atomic E-state index is 0.0342. The summed E-state index contributed by atoms with van der Waals surface area (Å²) in [5.41, 5.74) is 8.11. The lowest BCUT2D eigenvalue weighted by molar-refractivity contribution is 0.197. The number of nitrogens with two attached hydrogens (primary N) is 1. The zero-order valence-electron chi connectivity index (χ0n) is 13.7. The number of carbonyl (C=O) groups is 1. The van der Waals surface area contributed by atoms with E-state index in [0.29, 0.717) is 37.6 Å². The van der Waals surface area contributed by atoms with Crippen LogP contribution in [0.3, 0.4) is 0 Å². The van der Waals surface area contributed by atoms with Gasteiger partial charge in [-0.2, -0.15) is 0 Å². The van der Waals surface area contributed by atoms with Crippen LogP contribution in [0, 0.1) is 5.82 Å². The molecule has 2 N–H and O–H groups in total. The number of para-hydroxylation sites is 1. The van der Waals surface area contributed by atoms with E-state index in [1.54, 1.807) is 10.6 Å². The van der Waals surface area contributed by atoms with Gasteiger partial charge in [-0.1, -0.05) is 18.2 Å². The van der Waals surface area contributed by atoms with Crippen molar-refractivity contribution in [1.82, 2.24) is 9.47 Å². The van der Waals surface area contributed by atoms with E-state index < -0.39 is 0 Å². The third-order valence-electron chi connectivity index (χ3n) is 4.69. The van der Waals surface area contributed by atoms with Gasteiger partial charge in [0.05, 0.1) is 16.9 Å². The molecule has 4 rings (SSSR count). The largest absolute Gasteiger partial charge is 0.397 e. The second-order valence-corrected chi connectivity index (χ2v) is 6.20. The summed E-state index contributed by atoms with van der Waals surface area (Å²) in [5, 5.41) is 1.04. The number of piperazine rings is 1. The number of anilines is 2. The Morgan fingerprint density at radius 1 is 1.00 bits per heavy atom. The van der Waals surface area contributed by atoms with Crippen molar-refractivity contribution in [2.75, 3.05) is 36.8 Å². The van der Waals surface area contributed by atoms with Crippen molar-refractivity contribution in [3.8, 4) is 0 Å². The van der Waals surface area contributed by atoms with Crippen molar-refractivity contribution in [2.24, 2.45) is 0 Å². The summed E-state index contributed by atoms with van der Waals surface area (Å²) in [6, 6.07) is 14.1. The highest BCUT2D eigenvalue weighted by atomic mass is 19.1. The molecule has 0 bridgehead atoms. The molecule has 0 saturated carbocycles. The van der Waals surface area contributed by atoms with Crippen LogP contribution in [0.1, 0.15) is 0 Å². The average Bonchev–Trinajstić information content (AvgIpc) is 3.07. The first-order chi connectivity index (χ1) is 12.1. The van der Waals surface area contributed by atoms with Crippen LogP contribution < -0.4 is 10.6 Å². The highest BCUT2D eigenvalue weighted by Gasteiger charge is 2.24. The second kappa shape index (κ2) is 6.12. The lowest BCUT2D eigenvalue weighted by Gasteiger charge is -2.36. The number of carbonyl (C=O) groups excluding carboxylic acids is 1. The molecule has 1 aliphatic heterocycles. The first kappa shape index (κ1) is 15.5. The number of hydrogen-bond donors (Lipinski definition) is 1. The molecule has 0 unspecified atom stereocenters. The number of aromatic nitrogens is 1. The van der Waals surface area contributed by atoms with Crippen molar-refractivity contribution in [1.29, 1.82) is 0 Å². The van der Waals surface area contributed by atoms with Gasteiger partial charge in [-0.25, -0.2) is 9.18 Å². The maximum Gasteiger partial charge on any atom is 0.328 e. The quantitative estimate of drug-likeness (QED) is 0.694. The zero-order chi connectivity index (χ0) is 17.4. The molecule has 1 saturated heterocycles. The van der Waals surface area contributed by atoms with Crippen molar-refractivity contribution in [2.45, 2.75) is 0 Å². The Balaban J connectivity index is 1.50. The summed E-state index contributed by atoms with van der Waals surface area (Å²) in [6.45, 7) is 2.39.